The largest absolute Gasteiger partial charge is 0.369 e. The lowest BCUT2D eigenvalue weighted by atomic mass is 9.96. The van der Waals surface area contributed by atoms with Crippen molar-refractivity contribution in [3.8, 4) is 0 Å². The first-order valence-corrected chi connectivity index (χ1v) is 6.23. The van der Waals surface area contributed by atoms with Gasteiger partial charge in [-0.3, -0.25) is 9.59 Å². The minimum Gasteiger partial charge on any atom is -0.369 e. The highest BCUT2D eigenvalue weighted by molar-refractivity contribution is 5.94. The van der Waals surface area contributed by atoms with Crippen LogP contribution >= 0.6 is 0 Å². The van der Waals surface area contributed by atoms with Crippen molar-refractivity contribution in [2.75, 3.05) is 13.1 Å². The molecule has 0 atom stereocenters. The Morgan fingerprint density at radius 3 is 2.50 bits per heavy atom. The van der Waals surface area contributed by atoms with Gasteiger partial charge in [0.15, 0.2) is 0 Å². The summed E-state index contributed by atoms with van der Waals surface area (Å²) in [6.07, 6.45) is 1.35. The van der Waals surface area contributed by atoms with Crippen LogP contribution in [0.15, 0.2) is 24.3 Å². The maximum Gasteiger partial charge on any atom is 0.253 e. The first-order chi connectivity index (χ1) is 8.58. The SMILES string of the molecule is Cc1cccc(C(=O)N2CCC(C(N)=O)CC2)c1. The Kier molecular flexibility index (Phi) is 3.65. The van der Waals surface area contributed by atoms with Crippen molar-refractivity contribution in [3.63, 3.8) is 0 Å². The zero-order valence-corrected chi connectivity index (χ0v) is 10.6. The lowest BCUT2D eigenvalue weighted by Gasteiger charge is -2.30. The van der Waals surface area contributed by atoms with E-state index in [1.165, 1.54) is 0 Å². The average molecular weight is 246 g/mol. The van der Waals surface area contributed by atoms with E-state index in [2.05, 4.69) is 0 Å². The van der Waals surface area contributed by atoms with Crippen LogP contribution in [0.2, 0.25) is 0 Å². The van der Waals surface area contributed by atoms with Crippen LogP contribution in [0, 0.1) is 12.8 Å². The first kappa shape index (κ1) is 12.6. The van der Waals surface area contributed by atoms with E-state index < -0.39 is 0 Å². The molecule has 1 fully saturated rings. The third-order valence-corrected chi connectivity index (χ3v) is 3.45. The highest BCUT2D eigenvalue weighted by atomic mass is 16.2. The summed E-state index contributed by atoms with van der Waals surface area (Å²) in [5.41, 5.74) is 7.07. The molecule has 2 amide bonds. The van der Waals surface area contributed by atoms with E-state index in [-0.39, 0.29) is 17.7 Å². The van der Waals surface area contributed by atoms with Gasteiger partial charge < -0.3 is 10.6 Å². The number of hydrogen-bond donors (Lipinski definition) is 1. The molecule has 1 saturated heterocycles. The van der Waals surface area contributed by atoms with E-state index in [0.717, 1.165) is 5.56 Å². The van der Waals surface area contributed by atoms with Crippen molar-refractivity contribution >= 4 is 11.8 Å². The first-order valence-electron chi connectivity index (χ1n) is 6.23. The standard InChI is InChI=1S/C14H18N2O2/c1-10-3-2-4-12(9-10)14(18)16-7-5-11(6-8-16)13(15)17/h2-4,9,11H,5-8H2,1H3,(H2,15,17). The minimum atomic E-state index is -0.252. The summed E-state index contributed by atoms with van der Waals surface area (Å²) in [5, 5.41) is 0. The predicted molar refractivity (Wildman–Crippen MR) is 69.0 cm³/mol. The van der Waals surface area contributed by atoms with Gasteiger partial charge in [0, 0.05) is 24.6 Å². The van der Waals surface area contributed by atoms with Gasteiger partial charge in [0.25, 0.3) is 5.91 Å². The fourth-order valence-corrected chi connectivity index (χ4v) is 2.33. The van der Waals surface area contributed by atoms with E-state index in [4.69, 9.17) is 5.73 Å². The van der Waals surface area contributed by atoms with Gasteiger partial charge in [-0.1, -0.05) is 17.7 Å². The molecule has 1 aliphatic rings. The van der Waals surface area contributed by atoms with Crippen LogP contribution < -0.4 is 5.73 Å². The molecule has 0 radical (unpaired) electrons. The molecule has 4 nitrogen and oxygen atoms in total. The zero-order chi connectivity index (χ0) is 13.1. The molecule has 0 saturated carbocycles. The molecule has 2 N–H and O–H groups in total. The molecular formula is C14H18N2O2. The third-order valence-electron chi connectivity index (χ3n) is 3.45. The number of amides is 2. The minimum absolute atomic E-state index is 0.0432. The summed E-state index contributed by atoms with van der Waals surface area (Å²) in [4.78, 5) is 25.1. The number of carbonyl (C=O) groups excluding carboxylic acids is 2. The van der Waals surface area contributed by atoms with Crippen molar-refractivity contribution in [2.45, 2.75) is 19.8 Å². The van der Waals surface area contributed by atoms with Crippen molar-refractivity contribution in [2.24, 2.45) is 11.7 Å². The highest BCUT2D eigenvalue weighted by Crippen LogP contribution is 2.19. The molecular weight excluding hydrogens is 228 g/mol. The van der Waals surface area contributed by atoms with Crippen LogP contribution in [0.1, 0.15) is 28.8 Å². The Labute approximate surface area is 107 Å². The number of benzene rings is 1. The summed E-state index contributed by atoms with van der Waals surface area (Å²) in [6.45, 7) is 3.19. The fourth-order valence-electron chi connectivity index (χ4n) is 2.33. The molecule has 0 spiro atoms. The zero-order valence-electron chi connectivity index (χ0n) is 10.6. The molecule has 1 aromatic carbocycles. The lowest BCUT2D eigenvalue weighted by Crippen LogP contribution is -2.41. The van der Waals surface area contributed by atoms with Crippen LogP contribution in [0.5, 0.6) is 0 Å². The van der Waals surface area contributed by atoms with E-state index >= 15 is 0 Å². The highest BCUT2D eigenvalue weighted by Gasteiger charge is 2.26. The number of rotatable bonds is 2. The van der Waals surface area contributed by atoms with Crippen molar-refractivity contribution in [1.82, 2.24) is 4.90 Å². The molecule has 4 heteroatoms. The van der Waals surface area contributed by atoms with Gasteiger partial charge in [-0.2, -0.15) is 0 Å². The lowest BCUT2D eigenvalue weighted by molar-refractivity contribution is -0.123. The van der Waals surface area contributed by atoms with Crippen LogP contribution in [-0.2, 0) is 4.79 Å². The smallest absolute Gasteiger partial charge is 0.253 e. The molecule has 0 aromatic heterocycles. The van der Waals surface area contributed by atoms with E-state index in [9.17, 15) is 9.59 Å². The molecule has 2 rings (SSSR count). The maximum atomic E-state index is 12.2. The number of primary amides is 1. The topological polar surface area (TPSA) is 63.4 Å². The monoisotopic (exact) mass is 246 g/mol. The van der Waals surface area contributed by atoms with Gasteiger partial charge in [-0.15, -0.1) is 0 Å². The average Bonchev–Trinajstić information content (AvgIpc) is 2.38. The second-order valence-electron chi connectivity index (χ2n) is 4.84. The van der Waals surface area contributed by atoms with Crippen LogP contribution in [0.4, 0.5) is 0 Å². The molecule has 1 heterocycles. The molecule has 0 bridgehead atoms. The Balaban J connectivity index is 2.02. The summed E-state index contributed by atoms with van der Waals surface area (Å²) >= 11 is 0. The van der Waals surface area contributed by atoms with Crippen LogP contribution in [0.3, 0.4) is 0 Å². The summed E-state index contributed by atoms with van der Waals surface area (Å²) in [7, 11) is 0. The second-order valence-corrected chi connectivity index (χ2v) is 4.84. The predicted octanol–water partition coefficient (Wildman–Crippen LogP) is 1.33. The van der Waals surface area contributed by atoms with Gasteiger partial charge in [0.1, 0.15) is 0 Å². The number of nitrogens with two attached hydrogens (primary N) is 1. The van der Waals surface area contributed by atoms with Crippen molar-refractivity contribution < 1.29 is 9.59 Å². The quantitative estimate of drug-likeness (QED) is 0.855. The molecule has 18 heavy (non-hydrogen) atoms. The Morgan fingerprint density at radius 1 is 1.28 bits per heavy atom. The molecule has 1 aliphatic heterocycles. The maximum absolute atomic E-state index is 12.2. The van der Waals surface area contributed by atoms with Gasteiger partial charge in [-0.25, -0.2) is 0 Å². The number of carbonyl (C=O) groups is 2. The molecule has 0 unspecified atom stereocenters. The molecule has 1 aromatic rings. The Morgan fingerprint density at radius 2 is 1.94 bits per heavy atom. The Hall–Kier alpha value is -1.84. The van der Waals surface area contributed by atoms with Crippen molar-refractivity contribution in [3.05, 3.63) is 35.4 Å². The number of nitrogens with zero attached hydrogens (tertiary/aromatic N) is 1. The summed E-state index contributed by atoms with van der Waals surface area (Å²) in [6, 6.07) is 7.58. The van der Waals surface area contributed by atoms with Gasteiger partial charge in [0.05, 0.1) is 0 Å². The fraction of sp³-hybridized carbons (Fsp3) is 0.429. The normalized spacial score (nSPS) is 16.6. The van der Waals surface area contributed by atoms with E-state index in [1.54, 1.807) is 4.90 Å². The number of likely N-dealkylation sites (tertiary alicyclic amines) is 1. The van der Waals surface area contributed by atoms with Crippen molar-refractivity contribution in [1.29, 1.82) is 0 Å². The number of piperidine rings is 1. The van der Waals surface area contributed by atoms with E-state index in [1.807, 2.05) is 31.2 Å². The second kappa shape index (κ2) is 5.21. The van der Waals surface area contributed by atoms with E-state index in [0.29, 0.717) is 31.5 Å². The van der Waals surface area contributed by atoms with Crippen LogP contribution in [-0.4, -0.2) is 29.8 Å². The van der Waals surface area contributed by atoms with Gasteiger partial charge in [0.2, 0.25) is 5.91 Å². The summed E-state index contributed by atoms with van der Waals surface area (Å²) < 4.78 is 0. The molecule has 0 aliphatic carbocycles. The number of hydrogen-bond acceptors (Lipinski definition) is 2. The van der Waals surface area contributed by atoms with Gasteiger partial charge >= 0.3 is 0 Å². The van der Waals surface area contributed by atoms with Crippen LogP contribution in [0.25, 0.3) is 0 Å². The van der Waals surface area contributed by atoms with Gasteiger partial charge in [-0.05, 0) is 31.9 Å². The molecule has 96 valence electrons. The third kappa shape index (κ3) is 2.70. The Bertz CT molecular complexity index is 463. The summed E-state index contributed by atoms with van der Waals surface area (Å²) in [5.74, 6) is -0.286. The number of aryl methyl sites for hydroxylation is 1.